The Morgan fingerprint density at radius 3 is 2.52 bits per heavy atom. The van der Waals surface area contributed by atoms with Gasteiger partial charge in [0.05, 0.1) is 18.4 Å². The van der Waals surface area contributed by atoms with Crippen molar-refractivity contribution in [2.45, 2.75) is 0 Å². The number of hydrogen-bond donors (Lipinski definition) is 1. The predicted octanol–water partition coefficient (Wildman–Crippen LogP) is 4.70. The van der Waals surface area contributed by atoms with Gasteiger partial charge in [-0.15, -0.1) is 0 Å². The van der Waals surface area contributed by atoms with Gasteiger partial charge in [-0.3, -0.25) is 9.79 Å². The van der Waals surface area contributed by atoms with Crippen LogP contribution in [0, 0.1) is 0 Å². The Balaban J connectivity index is 1.83. The van der Waals surface area contributed by atoms with Crippen molar-refractivity contribution in [2.75, 3.05) is 12.4 Å². The molecule has 0 heterocycles. The van der Waals surface area contributed by atoms with Crippen LogP contribution in [0.1, 0.15) is 15.9 Å². The van der Waals surface area contributed by atoms with Crippen LogP contribution >= 0.6 is 0 Å². The molecule has 4 nitrogen and oxygen atoms in total. The molecule has 0 bridgehead atoms. The average molecular weight is 330 g/mol. The maximum Gasteiger partial charge on any atom is 0.257 e. The molecule has 1 amide bonds. The molecule has 4 heteroatoms. The van der Waals surface area contributed by atoms with E-state index in [9.17, 15) is 4.79 Å². The Labute approximate surface area is 146 Å². The number of amides is 1. The van der Waals surface area contributed by atoms with Gasteiger partial charge in [-0.25, -0.2) is 0 Å². The lowest BCUT2D eigenvalue weighted by molar-refractivity contribution is 0.102. The molecule has 0 aromatic heterocycles. The Kier molecular flexibility index (Phi) is 5.22. The van der Waals surface area contributed by atoms with Gasteiger partial charge in [-0.05, 0) is 42.0 Å². The van der Waals surface area contributed by atoms with Gasteiger partial charge in [0, 0.05) is 11.9 Å². The Bertz CT molecular complexity index is 889. The number of anilines is 1. The van der Waals surface area contributed by atoms with Crippen molar-refractivity contribution < 1.29 is 9.53 Å². The van der Waals surface area contributed by atoms with Crippen LogP contribution in [0.3, 0.4) is 0 Å². The van der Waals surface area contributed by atoms with Gasteiger partial charge in [-0.2, -0.15) is 0 Å². The molecular weight excluding hydrogens is 312 g/mol. The fraction of sp³-hybridized carbons (Fsp3) is 0.0476. The minimum absolute atomic E-state index is 0.190. The van der Waals surface area contributed by atoms with E-state index >= 15 is 0 Å². The molecule has 0 spiro atoms. The average Bonchev–Trinajstić information content (AvgIpc) is 2.67. The van der Waals surface area contributed by atoms with Gasteiger partial charge in [0.1, 0.15) is 5.75 Å². The van der Waals surface area contributed by atoms with Crippen LogP contribution in [0.2, 0.25) is 0 Å². The molecule has 0 unspecified atom stereocenters. The first-order chi connectivity index (χ1) is 12.3. The van der Waals surface area contributed by atoms with Gasteiger partial charge in [-0.1, -0.05) is 42.5 Å². The normalized spacial score (nSPS) is 10.6. The molecule has 0 aliphatic heterocycles. The minimum Gasteiger partial charge on any atom is -0.497 e. The molecule has 0 radical (unpaired) electrons. The maximum absolute atomic E-state index is 12.5. The van der Waals surface area contributed by atoms with E-state index in [4.69, 9.17) is 4.74 Å². The van der Waals surface area contributed by atoms with Crippen molar-refractivity contribution >= 4 is 23.5 Å². The summed E-state index contributed by atoms with van der Waals surface area (Å²) >= 11 is 0. The Hall–Kier alpha value is -3.40. The van der Waals surface area contributed by atoms with Crippen molar-refractivity contribution in [2.24, 2.45) is 4.99 Å². The highest BCUT2D eigenvalue weighted by Gasteiger charge is 2.10. The van der Waals surface area contributed by atoms with Crippen LogP contribution in [-0.4, -0.2) is 19.2 Å². The third-order valence-electron chi connectivity index (χ3n) is 3.63. The van der Waals surface area contributed by atoms with E-state index in [-0.39, 0.29) is 5.91 Å². The van der Waals surface area contributed by atoms with E-state index in [0.717, 1.165) is 17.0 Å². The number of para-hydroxylation sites is 2. The van der Waals surface area contributed by atoms with E-state index < -0.39 is 0 Å². The third kappa shape index (κ3) is 4.32. The number of benzene rings is 3. The highest BCUT2D eigenvalue weighted by molar-refractivity contribution is 6.08. The summed E-state index contributed by atoms with van der Waals surface area (Å²) in [7, 11) is 1.62. The van der Waals surface area contributed by atoms with E-state index in [1.54, 1.807) is 19.4 Å². The summed E-state index contributed by atoms with van der Waals surface area (Å²) in [6.45, 7) is 0. The second-order valence-corrected chi connectivity index (χ2v) is 5.37. The van der Waals surface area contributed by atoms with E-state index in [1.165, 1.54) is 0 Å². The van der Waals surface area contributed by atoms with Gasteiger partial charge in [0.15, 0.2) is 0 Å². The molecular formula is C21H18N2O2. The Morgan fingerprint density at radius 1 is 0.960 bits per heavy atom. The lowest BCUT2D eigenvalue weighted by Crippen LogP contribution is -2.11. The fourth-order valence-corrected chi connectivity index (χ4v) is 2.36. The SMILES string of the molecule is COc1cccc(C=Nc2ccccc2C(=O)Nc2ccccc2)c1. The lowest BCUT2D eigenvalue weighted by Gasteiger charge is -2.07. The first kappa shape index (κ1) is 16.5. The largest absolute Gasteiger partial charge is 0.497 e. The number of carbonyl (C=O) groups excluding carboxylic acids is 1. The lowest BCUT2D eigenvalue weighted by atomic mass is 10.1. The highest BCUT2D eigenvalue weighted by Crippen LogP contribution is 2.21. The molecule has 3 aromatic carbocycles. The zero-order chi connectivity index (χ0) is 17.5. The molecule has 0 saturated heterocycles. The number of aliphatic imine (C=N–C) groups is 1. The zero-order valence-corrected chi connectivity index (χ0v) is 13.8. The number of methoxy groups -OCH3 is 1. The second kappa shape index (κ2) is 7.93. The topological polar surface area (TPSA) is 50.7 Å². The van der Waals surface area contributed by atoms with Crippen LogP contribution in [0.15, 0.2) is 83.9 Å². The fourth-order valence-electron chi connectivity index (χ4n) is 2.36. The molecule has 0 aliphatic carbocycles. The second-order valence-electron chi connectivity index (χ2n) is 5.37. The number of ether oxygens (including phenoxy) is 1. The van der Waals surface area contributed by atoms with E-state index in [1.807, 2.05) is 72.8 Å². The molecule has 0 fully saturated rings. The minimum atomic E-state index is -0.190. The summed E-state index contributed by atoms with van der Waals surface area (Å²) in [5.41, 5.74) is 2.78. The highest BCUT2D eigenvalue weighted by atomic mass is 16.5. The smallest absolute Gasteiger partial charge is 0.257 e. The van der Waals surface area contributed by atoms with E-state index in [2.05, 4.69) is 10.3 Å². The van der Waals surface area contributed by atoms with Crippen molar-refractivity contribution in [1.29, 1.82) is 0 Å². The number of nitrogens with zero attached hydrogens (tertiary/aromatic N) is 1. The summed E-state index contributed by atoms with van der Waals surface area (Å²) in [6.07, 6.45) is 1.72. The van der Waals surface area contributed by atoms with Gasteiger partial charge in [0.25, 0.3) is 5.91 Å². The molecule has 1 N–H and O–H groups in total. The number of hydrogen-bond acceptors (Lipinski definition) is 3. The summed E-state index contributed by atoms with van der Waals surface area (Å²) in [6, 6.07) is 24.2. The quantitative estimate of drug-likeness (QED) is 0.690. The molecule has 25 heavy (non-hydrogen) atoms. The summed E-state index contributed by atoms with van der Waals surface area (Å²) < 4.78 is 5.21. The number of carbonyl (C=O) groups is 1. The van der Waals surface area contributed by atoms with Crippen LogP contribution in [-0.2, 0) is 0 Å². The van der Waals surface area contributed by atoms with Crippen LogP contribution in [0.25, 0.3) is 0 Å². The van der Waals surface area contributed by atoms with E-state index in [0.29, 0.717) is 11.3 Å². The van der Waals surface area contributed by atoms with Crippen molar-refractivity contribution in [3.05, 3.63) is 90.0 Å². The van der Waals surface area contributed by atoms with Crippen LogP contribution < -0.4 is 10.1 Å². The summed E-state index contributed by atoms with van der Waals surface area (Å²) in [5, 5.41) is 2.88. The Morgan fingerprint density at radius 2 is 1.72 bits per heavy atom. The standard InChI is InChI=1S/C21H18N2O2/c1-25-18-11-7-8-16(14-18)15-22-20-13-6-5-12-19(20)21(24)23-17-9-3-2-4-10-17/h2-15H,1H3,(H,23,24). The van der Waals surface area contributed by atoms with Crippen molar-refractivity contribution in [3.8, 4) is 5.75 Å². The van der Waals surface area contributed by atoms with Crippen LogP contribution in [0.5, 0.6) is 5.75 Å². The molecule has 0 atom stereocenters. The summed E-state index contributed by atoms with van der Waals surface area (Å²) in [5.74, 6) is 0.573. The van der Waals surface area contributed by atoms with Crippen molar-refractivity contribution in [1.82, 2.24) is 0 Å². The van der Waals surface area contributed by atoms with Gasteiger partial charge in [0.2, 0.25) is 0 Å². The van der Waals surface area contributed by atoms with Gasteiger partial charge < -0.3 is 10.1 Å². The molecule has 3 rings (SSSR count). The van der Waals surface area contributed by atoms with Crippen LogP contribution in [0.4, 0.5) is 11.4 Å². The van der Waals surface area contributed by atoms with Crippen molar-refractivity contribution in [3.63, 3.8) is 0 Å². The zero-order valence-electron chi connectivity index (χ0n) is 13.8. The summed E-state index contributed by atoms with van der Waals surface area (Å²) in [4.78, 5) is 17.0. The third-order valence-corrected chi connectivity index (χ3v) is 3.63. The first-order valence-corrected chi connectivity index (χ1v) is 7.90. The first-order valence-electron chi connectivity index (χ1n) is 7.90. The molecule has 0 saturated carbocycles. The maximum atomic E-state index is 12.5. The molecule has 124 valence electrons. The predicted molar refractivity (Wildman–Crippen MR) is 101 cm³/mol. The molecule has 3 aromatic rings. The number of rotatable bonds is 5. The monoisotopic (exact) mass is 330 g/mol. The molecule has 0 aliphatic rings. The van der Waals surface area contributed by atoms with Gasteiger partial charge >= 0.3 is 0 Å². The number of nitrogens with one attached hydrogen (secondary N) is 1.